The molecule has 19 heavy (non-hydrogen) atoms. The minimum Gasteiger partial charge on any atom is -0.493 e. The highest BCUT2D eigenvalue weighted by atomic mass is 16.5. The van der Waals surface area contributed by atoms with Crippen LogP contribution in [-0.4, -0.2) is 31.5 Å². The molecule has 102 valence electrons. The molecule has 1 aromatic rings. The molecule has 0 aliphatic heterocycles. The smallest absolute Gasteiger partial charge is 0.239 e. The van der Waals surface area contributed by atoms with Crippen molar-refractivity contribution >= 4 is 11.8 Å². The molecule has 5 nitrogen and oxygen atoms in total. The molecule has 1 rings (SSSR count). The molecule has 0 saturated heterocycles. The highest BCUT2D eigenvalue weighted by Gasteiger charge is 2.04. The zero-order valence-electron chi connectivity index (χ0n) is 10.7. The Balaban J connectivity index is 2.11. The zero-order chi connectivity index (χ0) is 13.9. The fourth-order valence-corrected chi connectivity index (χ4v) is 1.29. The minimum absolute atomic E-state index is 0.0298. The lowest BCUT2D eigenvalue weighted by molar-refractivity contribution is -0.126. The summed E-state index contributed by atoms with van der Waals surface area (Å²) < 4.78 is 5.37. The van der Waals surface area contributed by atoms with Crippen molar-refractivity contribution in [2.75, 3.05) is 19.7 Å². The Morgan fingerprint density at radius 3 is 2.58 bits per heavy atom. The van der Waals surface area contributed by atoms with Crippen LogP contribution in [0.15, 0.2) is 43.0 Å². The largest absolute Gasteiger partial charge is 0.493 e. The molecule has 5 heteroatoms. The van der Waals surface area contributed by atoms with Crippen molar-refractivity contribution in [1.29, 1.82) is 0 Å². The van der Waals surface area contributed by atoms with Crippen LogP contribution in [0, 0.1) is 0 Å². The number of para-hydroxylation sites is 1. The van der Waals surface area contributed by atoms with E-state index in [9.17, 15) is 9.59 Å². The average molecular weight is 262 g/mol. The van der Waals surface area contributed by atoms with Gasteiger partial charge in [0.05, 0.1) is 19.6 Å². The number of carbonyl (C=O) groups is 2. The lowest BCUT2D eigenvalue weighted by atomic mass is 10.3. The Labute approximate surface area is 112 Å². The van der Waals surface area contributed by atoms with Crippen LogP contribution in [0.2, 0.25) is 0 Å². The number of hydrogen-bond acceptors (Lipinski definition) is 3. The molecule has 1 aromatic carbocycles. The summed E-state index contributed by atoms with van der Waals surface area (Å²) in [5, 5.41) is 5.08. The molecule has 2 N–H and O–H groups in total. The monoisotopic (exact) mass is 262 g/mol. The Hall–Kier alpha value is -2.30. The van der Waals surface area contributed by atoms with Gasteiger partial charge < -0.3 is 15.4 Å². The number of carbonyl (C=O) groups excluding carboxylic acids is 2. The van der Waals surface area contributed by atoms with Crippen LogP contribution in [0.3, 0.4) is 0 Å². The predicted octanol–water partition coefficient (Wildman–Crippen LogP) is 0.874. The van der Waals surface area contributed by atoms with Crippen LogP contribution in [0.25, 0.3) is 0 Å². The van der Waals surface area contributed by atoms with Gasteiger partial charge in [0, 0.05) is 6.54 Å². The molecule has 0 aliphatic carbocycles. The summed E-state index contributed by atoms with van der Waals surface area (Å²) >= 11 is 0. The van der Waals surface area contributed by atoms with Gasteiger partial charge in [-0.2, -0.15) is 0 Å². The van der Waals surface area contributed by atoms with Crippen LogP contribution in [0.4, 0.5) is 0 Å². The molecule has 0 radical (unpaired) electrons. The van der Waals surface area contributed by atoms with Gasteiger partial charge in [0.1, 0.15) is 5.75 Å². The number of benzene rings is 1. The first-order valence-electron chi connectivity index (χ1n) is 6.04. The summed E-state index contributed by atoms with van der Waals surface area (Å²) in [5.74, 6) is 0.265. The van der Waals surface area contributed by atoms with Gasteiger partial charge in [-0.3, -0.25) is 9.59 Å². The van der Waals surface area contributed by atoms with Gasteiger partial charge in [-0.05, 0) is 12.1 Å². The van der Waals surface area contributed by atoms with E-state index in [1.165, 1.54) is 0 Å². The molecule has 0 fully saturated rings. The summed E-state index contributed by atoms with van der Waals surface area (Å²) in [6, 6.07) is 9.25. The molecule has 0 bridgehead atoms. The Morgan fingerprint density at radius 2 is 1.89 bits per heavy atom. The number of rotatable bonds is 8. The van der Waals surface area contributed by atoms with Gasteiger partial charge in [0.25, 0.3) is 0 Å². The maximum absolute atomic E-state index is 11.4. The van der Waals surface area contributed by atoms with Gasteiger partial charge in [0.15, 0.2) is 0 Å². The SMILES string of the molecule is C=CCNC(=O)CNC(=O)CCOc1ccccc1. The number of nitrogens with one attached hydrogen (secondary N) is 2. The van der Waals surface area contributed by atoms with Crippen LogP contribution in [0.1, 0.15) is 6.42 Å². The average Bonchev–Trinajstić information content (AvgIpc) is 2.44. The molecule has 0 heterocycles. The molecule has 0 spiro atoms. The third kappa shape index (κ3) is 6.88. The van der Waals surface area contributed by atoms with Crippen LogP contribution >= 0.6 is 0 Å². The summed E-state index contributed by atoms with van der Waals surface area (Å²) in [4.78, 5) is 22.6. The van der Waals surface area contributed by atoms with Gasteiger partial charge in [-0.15, -0.1) is 6.58 Å². The van der Waals surface area contributed by atoms with E-state index in [-0.39, 0.29) is 31.4 Å². The first-order chi connectivity index (χ1) is 9.22. The zero-order valence-corrected chi connectivity index (χ0v) is 10.7. The van der Waals surface area contributed by atoms with E-state index in [0.717, 1.165) is 5.75 Å². The fourth-order valence-electron chi connectivity index (χ4n) is 1.29. The van der Waals surface area contributed by atoms with E-state index in [1.54, 1.807) is 6.08 Å². The second-order valence-corrected chi connectivity index (χ2v) is 3.78. The van der Waals surface area contributed by atoms with E-state index in [4.69, 9.17) is 4.74 Å². The van der Waals surface area contributed by atoms with Crippen molar-refractivity contribution in [3.05, 3.63) is 43.0 Å². The van der Waals surface area contributed by atoms with Crippen molar-refractivity contribution < 1.29 is 14.3 Å². The van der Waals surface area contributed by atoms with Crippen molar-refractivity contribution in [2.45, 2.75) is 6.42 Å². The molecule has 0 aliphatic rings. The molecule has 0 saturated carbocycles. The van der Waals surface area contributed by atoms with Gasteiger partial charge in [0.2, 0.25) is 11.8 Å². The Bertz CT molecular complexity index is 418. The minimum atomic E-state index is -0.239. The second kappa shape index (κ2) is 8.74. The number of ether oxygens (including phenoxy) is 1. The first-order valence-corrected chi connectivity index (χ1v) is 6.04. The molecule has 0 aromatic heterocycles. The quantitative estimate of drug-likeness (QED) is 0.683. The van der Waals surface area contributed by atoms with Crippen molar-refractivity contribution in [3.63, 3.8) is 0 Å². The lowest BCUT2D eigenvalue weighted by Gasteiger charge is -2.07. The third-order valence-corrected chi connectivity index (χ3v) is 2.23. The molecular weight excluding hydrogens is 244 g/mol. The topological polar surface area (TPSA) is 67.4 Å². The summed E-state index contributed by atoms with van der Waals surface area (Å²) in [6.45, 7) is 4.13. The van der Waals surface area contributed by atoms with E-state index in [0.29, 0.717) is 6.54 Å². The van der Waals surface area contributed by atoms with E-state index >= 15 is 0 Å². The summed E-state index contributed by atoms with van der Waals surface area (Å²) in [6.07, 6.45) is 1.79. The Kier molecular flexibility index (Phi) is 6.79. The van der Waals surface area contributed by atoms with Crippen molar-refractivity contribution in [1.82, 2.24) is 10.6 Å². The first kappa shape index (κ1) is 14.8. The van der Waals surface area contributed by atoms with Crippen LogP contribution in [0.5, 0.6) is 5.75 Å². The van der Waals surface area contributed by atoms with E-state index in [2.05, 4.69) is 17.2 Å². The standard InChI is InChI=1S/C14H18N2O3/c1-2-9-15-14(18)11-16-13(17)8-10-19-12-6-4-3-5-7-12/h2-7H,1,8-11H2,(H,15,18)(H,16,17). The Morgan fingerprint density at radius 1 is 1.16 bits per heavy atom. The van der Waals surface area contributed by atoms with Gasteiger partial charge in [-0.25, -0.2) is 0 Å². The fraction of sp³-hybridized carbons (Fsp3) is 0.286. The summed E-state index contributed by atoms with van der Waals surface area (Å²) in [5.41, 5.74) is 0. The van der Waals surface area contributed by atoms with Crippen LogP contribution in [-0.2, 0) is 9.59 Å². The van der Waals surface area contributed by atoms with E-state index in [1.807, 2.05) is 30.3 Å². The van der Waals surface area contributed by atoms with Crippen LogP contribution < -0.4 is 15.4 Å². The van der Waals surface area contributed by atoms with Gasteiger partial charge in [-0.1, -0.05) is 24.3 Å². The lowest BCUT2D eigenvalue weighted by Crippen LogP contribution is -2.37. The highest BCUT2D eigenvalue weighted by Crippen LogP contribution is 2.08. The summed E-state index contributed by atoms with van der Waals surface area (Å²) in [7, 11) is 0. The molecule has 2 amide bonds. The number of amides is 2. The van der Waals surface area contributed by atoms with Crippen molar-refractivity contribution in [3.8, 4) is 5.75 Å². The molecule has 0 atom stereocenters. The maximum atomic E-state index is 11.4. The normalized spacial score (nSPS) is 9.47. The number of hydrogen-bond donors (Lipinski definition) is 2. The second-order valence-electron chi connectivity index (χ2n) is 3.78. The molecular formula is C14H18N2O3. The predicted molar refractivity (Wildman–Crippen MR) is 72.8 cm³/mol. The highest BCUT2D eigenvalue weighted by molar-refractivity contribution is 5.84. The third-order valence-electron chi connectivity index (χ3n) is 2.23. The van der Waals surface area contributed by atoms with E-state index < -0.39 is 0 Å². The van der Waals surface area contributed by atoms with Gasteiger partial charge >= 0.3 is 0 Å². The molecule has 0 unspecified atom stereocenters. The maximum Gasteiger partial charge on any atom is 0.239 e. The van der Waals surface area contributed by atoms with Crippen molar-refractivity contribution in [2.24, 2.45) is 0 Å².